The van der Waals surface area contributed by atoms with Crippen LogP contribution in [0.15, 0.2) is 12.1 Å². The van der Waals surface area contributed by atoms with Crippen molar-refractivity contribution in [2.24, 2.45) is 0 Å². The van der Waals surface area contributed by atoms with E-state index in [1.165, 1.54) is 0 Å². The molecule has 0 aliphatic heterocycles. The summed E-state index contributed by atoms with van der Waals surface area (Å²) < 4.78 is 73.0. The molecule has 0 radical (unpaired) electrons. The Morgan fingerprint density at radius 1 is 1.00 bits per heavy atom. The average Bonchev–Trinajstić information content (AvgIpc) is 2.18. The largest absolute Gasteiger partial charge is 0.413 e. The van der Waals surface area contributed by atoms with E-state index in [1.807, 2.05) is 0 Å². The van der Waals surface area contributed by atoms with E-state index in [1.54, 1.807) is 5.48 Å². The van der Waals surface area contributed by atoms with Crippen LogP contribution < -0.4 is 5.48 Å². The highest BCUT2D eigenvalue weighted by molar-refractivity contribution is 5.19. The Bertz CT molecular complexity index is 392. The van der Waals surface area contributed by atoms with Crippen molar-refractivity contribution in [3.63, 3.8) is 0 Å². The van der Waals surface area contributed by atoms with Crippen molar-refractivity contribution < 1.29 is 31.2 Å². The van der Waals surface area contributed by atoms with Crippen LogP contribution in [0.2, 0.25) is 0 Å². The van der Waals surface area contributed by atoms with E-state index in [2.05, 4.69) is 4.84 Å². The van der Waals surface area contributed by atoms with Crippen molar-refractivity contribution >= 4 is 0 Å². The minimum absolute atomic E-state index is 0.302. The minimum atomic E-state index is -4.53. The van der Waals surface area contributed by atoms with E-state index in [0.29, 0.717) is 12.1 Å². The highest BCUT2D eigenvalue weighted by Crippen LogP contribution is 2.15. The summed E-state index contributed by atoms with van der Waals surface area (Å²) in [5.41, 5.74) is 1.46. The molecule has 1 aromatic rings. The molecule has 96 valence electrons. The second-order valence-corrected chi connectivity index (χ2v) is 3.08. The summed E-state index contributed by atoms with van der Waals surface area (Å²) in [6, 6.07) is 0.838. The molecule has 2 nitrogen and oxygen atoms in total. The van der Waals surface area contributed by atoms with Crippen LogP contribution in [0.5, 0.6) is 0 Å². The van der Waals surface area contributed by atoms with E-state index in [-0.39, 0.29) is 5.56 Å². The molecule has 17 heavy (non-hydrogen) atoms. The van der Waals surface area contributed by atoms with Crippen LogP contribution in [-0.2, 0) is 11.4 Å². The quantitative estimate of drug-likeness (QED) is 0.388. The molecule has 0 aliphatic rings. The van der Waals surface area contributed by atoms with Gasteiger partial charge in [0.2, 0.25) is 0 Å². The molecule has 0 saturated carbocycles. The highest BCUT2D eigenvalue weighted by atomic mass is 19.4. The Labute approximate surface area is 92.1 Å². The van der Waals surface area contributed by atoms with E-state index >= 15 is 0 Å². The fraction of sp³-hybridized carbons (Fsp3) is 0.333. The topological polar surface area (TPSA) is 21.3 Å². The maximum atomic E-state index is 13.0. The predicted octanol–water partition coefficient (Wildman–Crippen LogP) is 2.69. The normalized spacial score (nSPS) is 11.9. The Kier molecular flexibility index (Phi) is 4.35. The van der Waals surface area contributed by atoms with Crippen LogP contribution in [0.4, 0.5) is 26.3 Å². The summed E-state index contributed by atoms with van der Waals surface area (Å²) >= 11 is 0. The molecule has 0 saturated heterocycles. The molecule has 0 amide bonds. The first-order valence-electron chi connectivity index (χ1n) is 4.34. The van der Waals surface area contributed by atoms with Gasteiger partial charge in [-0.3, -0.25) is 4.84 Å². The summed E-state index contributed by atoms with van der Waals surface area (Å²) in [6.07, 6.45) is -4.53. The third kappa shape index (κ3) is 4.61. The van der Waals surface area contributed by atoms with Crippen LogP contribution >= 0.6 is 0 Å². The maximum absolute atomic E-state index is 13.0. The zero-order valence-electron chi connectivity index (χ0n) is 8.24. The van der Waals surface area contributed by atoms with Gasteiger partial charge in [0, 0.05) is 18.2 Å². The number of hydroxylamine groups is 1. The van der Waals surface area contributed by atoms with Crippen molar-refractivity contribution in [1.29, 1.82) is 0 Å². The van der Waals surface area contributed by atoms with Gasteiger partial charge >= 0.3 is 6.18 Å². The SMILES string of the molecule is Fc1cc(F)c(CNOCC(F)(F)F)cc1F. The van der Waals surface area contributed by atoms with E-state index in [0.717, 1.165) is 0 Å². The Balaban J connectivity index is 2.50. The highest BCUT2D eigenvalue weighted by Gasteiger charge is 2.27. The van der Waals surface area contributed by atoms with E-state index in [9.17, 15) is 26.3 Å². The van der Waals surface area contributed by atoms with Gasteiger partial charge in [0.25, 0.3) is 0 Å². The third-order valence-electron chi connectivity index (χ3n) is 1.69. The summed E-state index contributed by atoms with van der Waals surface area (Å²) in [5.74, 6) is -3.74. The van der Waals surface area contributed by atoms with Crippen molar-refractivity contribution in [2.75, 3.05) is 6.61 Å². The molecule has 0 unspecified atom stereocenters. The van der Waals surface area contributed by atoms with Gasteiger partial charge in [-0.1, -0.05) is 0 Å². The lowest BCUT2D eigenvalue weighted by atomic mass is 10.2. The van der Waals surface area contributed by atoms with Crippen molar-refractivity contribution in [2.45, 2.75) is 12.7 Å². The Morgan fingerprint density at radius 3 is 2.18 bits per heavy atom. The lowest BCUT2D eigenvalue weighted by Gasteiger charge is -2.09. The molecule has 0 heterocycles. The number of hydrogen-bond acceptors (Lipinski definition) is 2. The first-order valence-corrected chi connectivity index (χ1v) is 4.34. The van der Waals surface area contributed by atoms with E-state index < -0.39 is 36.8 Å². The molecule has 0 fully saturated rings. The zero-order chi connectivity index (χ0) is 13.1. The Morgan fingerprint density at radius 2 is 1.59 bits per heavy atom. The summed E-state index contributed by atoms with van der Waals surface area (Å²) in [4.78, 5) is 3.97. The predicted molar refractivity (Wildman–Crippen MR) is 45.2 cm³/mol. The molecule has 0 bridgehead atoms. The van der Waals surface area contributed by atoms with Gasteiger partial charge in [-0.05, 0) is 6.07 Å². The zero-order valence-corrected chi connectivity index (χ0v) is 8.24. The number of benzene rings is 1. The summed E-state index contributed by atoms with van der Waals surface area (Å²) in [6.45, 7) is -2.09. The van der Waals surface area contributed by atoms with E-state index in [4.69, 9.17) is 0 Å². The molecule has 0 aromatic heterocycles. The molecule has 0 atom stereocenters. The molecule has 1 N–H and O–H groups in total. The maximum Gasteiger partial charge on any atom is 0.413 e. The van der Waals surface area contributed by atoms with Gasteiger partial charge < -0.3 is 0 Å². The summed E-state index contributed by atoms with van der Waals surface area (Å²) in [5, 5.41) is 0. The lowest BCUT2D eigenvalue weighted by Crippen LogP contribution is -2.24. The molecule has 0 aliphatic carbocycles. The van der Waals surface area contributed by atoms with Crippen LogP contribution in [-0.4, -0.2) is 12.8 Å². The van der Waals surface area contributed by atoms with Crippen molar-refractivity contribution in [3.8, 4) is 0 Å². The van der Waals surface area contributed by atoms with Crippen LogP contribution in [0.1, 0.15) is 5.56 Å². The molecule has 8 heteroatoms. The molecule has 1 aromatic carbocycles. The van der Waals surface area contributed by atoms with Gasteiger partial charge in [-0.2, -0.15) is 18.7 Å². The van der Waals surface area contributed by atoms with Gasteiger partial charge in [-0.15, -0.1) is 0 Å². The fourth-order valence-corrected chi connectivity index (χ4v) is 0.961. The van der Waals surface area contributed by atoms with Gasteiger partial charge in [0.15, 0.2) is 18.2 Å². The number of halogens is 6. The number of alkyl halides is 3. The van der Waals surface area contributed by atoms with Crippen molar-refractivity contribution in [3.05, 3.63) is 35.1 Å². The number of rotatable bonds is 4. The lowest BCUT2D eigenvalue weighted by molar-refractivity contribution is -0.190. The monoisotopic (exact) mass is 259 g/mol. The summed E-state index contributed by atoms with van der Waals surface area (Å²) in [7, 11) is 0. The van der Waals surface area contributed by atoms with Gasteiger partial charge in [0.1, 0.15) is 5.82 Å². The second kappa shape index (κ2) is 5.37. The molecular formula is C9H7F6NO. The smallest absolute Gasteiger partial charge is 0.292 e. The van der Waals surface area contributed by atoms with Crippen LogP contribution in [0.3, 0.4) is 0 Å². The number of hydrogen-bond donors (Lipinski definition) is 1. The van der Waals surface area contributed by atoms with Gasteiger partial charge in [-0.25, -0.2) is 13.2 Å². The molecule has 0 spiro atoms. The Hall–Kier alpha value is -1.28. The second-order valence-electron chi connectivity index (χ2n) is 3.08. The molecular weight excluding hydrogens is 252 g/mol. The number of nitrogens with one attached hydrogen (secondary N) is 1. The fourth-order valence-electron chi connectivity index (χ4n) is 0.961. The third-order valence-corrected chi connectivity index (χ3v) is 1.69. The van der Waals surface area contributed by atoms with Crippen LogP contribution in [0.25, 0.3) is 0 Å². The first-order chi connectivity index (χ1) is 7.79. The average molecular weight is 259 g/mol. The molecule has 1 rings (SSSR count). The van der Waals surface area contributed by atoms with Crippen LogP contribution in [0, 0.1) is 17.5 Å². The first kappa shape index (κ1) is 13.8. The minimum Gasteiger partial charge on any atom is -0.292 e. The van der Waals surface area contributed by atoms with Gasteiger partial charge in [0.05, 0.1) is 0 Å². The standard InChI is InChI=1S/C9H7F6NO/c10-6-2-8(12)7(11)1-5(6)3-16-17-4-9(13,14)15/h1-2,16H,3-4H2. The van der Waals surface area contributed by atoms with Crippen molar-refractivity contribution in [1.82, 2.24) is 5.48 Å².